The normalized spacial score (nSPS) is 18.1. The molecule has 2 aromatic carbocycles. The Hall–Kier alpha value is -2.42. The number of benzene rings is 2. The van der Waals surface area contributed by atoms with Gasteiger partial charge in [-0.25, -0.2) is 0 Å². The fourth-order valence-electron chi connectivity index (χ4n) is 3.84. The van der Waals surface area contributed by atoms with Gasteiger partial charge in [-0.3, -0.25) is 9.69 Å². The molecule has 2 aliphatic heterocycles. The summed E-state index contributed by atoms with van der Waals surface area (Å²) in [6.07, 6.45) is -4.60. The van der Waals surface area contributed by atoms with E-state index >= 15 is 0 Å². The molecular formula is C22H24F3N3O2. The first-order chi connectivity index (χ1) is 14.4. The van der Waals surface area contributed by atoms with Crippen molar-refractivity contribution in [3.05, 3.63) is 70.3 Å². The molecule has 0 bridgehead atoms. The van der Waals surface area contributed by atoms with Crippen LogP contribution in [0.15, 0.2) is 42.5 Å². The maximum atomic E-state index is 13.7. The third-order valence-electron chi connectivity index (χ3n) is 5.53. The minimum atomic E-state index is -4.60. The van der Waals surface area contributed by atoms with E-state index in [0.29, 0.717) is 32.8 Å². The van der Waals surface area contributed by atoms with Gasteiger partial charge in [-0.2, -0.15) is 13.2 Å². The van der Waals surface area contributed by atoms with Crippen LogP contribution in [0.2, 0.25) is 0 Å². The molecule has 0 aliphatic carbocycles. The van der Waals surface area contributed by atoms with Gasteiger partial charge in [0.15, 0.2) is 6.04 Å². The highest BCUT2D eigenvalue weighted by Crippen LogP contribution is 2.33. The number of rotatable bonds is 5. The van der Waals surface area contributed by atoms with Gasteiger partial charge in [-0.1, -0.05) is 30.3 Å². The minimum Gasteiger partial charge on any atom is -0.379 e. The number of ether oxygens (including phenoxy) is 1. The lowest BCUT2D eigenvalue weighted by molar-refractivity contribution is -0.155. The molecule has 2 N–H and O–H groups in total. The molecule has 30 heavy (non-hydrogen) atoms. The van der Waals surface area contributed by atoms with Gasteiger partial charge in [-0.05, 0) is 34.4 Å². The Morgan fingerprint density at radius 3 is 2.47 bits per heavy atom. The summed E-state index contributed by atoms with van der Waals surface area (Å²) in [5, 5.41) is 5.33. The van der Waals surface area contributed by atoms with Gasteiger partial charge < -0.3 is 15.4 Å². The van der Waals surface area contributed by atoms with Crippen LogP contribution in [0.25, 0.3) is 0 Å². The molecule has 0 spiro atoms. The fraction of sp³-hybridized carbons (Fsp3) is 0.409. The van der Waals surface area contributed by atoms with E-state index in [1.807, 2.05) is 0 Å². The number of halogens is 3. The number of morpholine rings is 1. The molecule has 160 valence electrons. The molecule has 1 atom stereocenters. The highest BCUT2D eigenvalue weighted by molar-refractivity contribution is 5.94. The lowest BCUT2D eigenvalue weighted by Gasteiger charge is -2.27. The second-order valence-corrected chi connectivity index (χ2v) is 7.67. The highest BCUT2D eigenvalue weighted by Gasteiger charge is 2.42. The van der Waals surface area contributed by atoms with Gasteiger partial charge in [0.1, 0.15) is 0 Å². The van der Waals surface area contributed by atoms with Crippen LogP contribution in [-0.2, 0) is 24.4 Å². The highest BCUT2D eigenvalue weighted by atomic mass is 19.4. The molecule has 0 unspecified atom stereocenters. The van der Waals surface area contributed by atoms with Crippen LogP contribution < -0.4 is 10.6 Å². The van der Waals surface area contributed by atoms with Crippen LogP contribution >= 0.6 is 0 Å². The number of hydrogen-bond acceptors (Lipinski definition) is 4. The minimum absolute atomic E-state index is 0.0180. The van der Waals surface area contributed by atoms with E-state index in [4.69, 9.17) is 4.74 Å². The lowest BCUT2D eigenvalue weighted by atomic mass is 10.0. The second-order valence-electron chi connectivity index (χ2n) is 7.67. The Bertz CT molecular complexity index is 893. The zero-order chi connectivity index (χ0) is 21.1. The average Bonchev–Trinajstić information content (AvgIpc) is 3.20. The van der Waals surface area contributed by atoms with E-state index in [0.717, 1.165) is 29.8 Å². The van der Waals surface area contributed by atoms with Crippen LogP contribution in [0.3, 0.4) is 0 Å². The summed E-state index contributed by atoms with van der Waals surface area (Å²) in [5.74, 6) is -0.732. The van der Waals surface area contributed by atoms with Crippen molar-refractivity contribution in [2.45, 2.75) is 31.9 Å². The molecule has 2 aliphatic rings. The summed E-state index contributed by atoms with van der Waals surface area (Å²) in [6.45, 7) is 4.93. The van der Waals surface area contributed by atoms with Gasteiger partial charge in [0.05, 0.1) is 13.2 Å². The van der Waals surface area contributed by atoms with Gasteiger partial charge in [0.2, 0.25) is 0 Å². The predicted octanol–water partition coefficient (Wildman–Crippen LogP) is 3.16. The van der Waals surface area contributed by atoms with Crippen molar-refractivity contribution in [2.24, 2.45) is 0 Å². The third kappa shape index (κ3) is 4.83. The summed E-state index contributed by atoms with van der Waals surface area (Å²) in [6, 6.07) is 9.22. The van der Waals surface area contributed by atoms with Crippen molar-refractivity contribution in [1.29, 1.82) is 0 Å². The van der Waals surface area contributed by atoms with Gasteiger partial charge in [0.25, 0.3) is 5.91 Å². The molecule has 2 aromatic rings. The number of alkyl halides is 3. The summed E-state index contributed by atoms with van der Waals surface area (Å²) in [7, 11) is 0. The Morgan fingerprint density at radius 2 is 1.77 bits per heavy atom. The zero-order valence-electron chi connectivity index (χ0n) is 16.5. The molecule has 8 heteroatoms. The molecule has 1 fully saturated rings. The number of nitrogens with zero attached hydrogens (tertiary/aromatic N) is 1. The molecule has 0 saturated carbocycles. The molecule has 1 amide bonds. The van der Waals surface area contributed by atoms with Crippen molar-refractivity contribution in [3.63, 3.8) is 0 Å². The first-order valence-corrected chi connectivity index (χ1v) is 9.99. The largest absolute Gasteiger partial charge is 0.412 e. The van der Waals surface area contributed by atoms with E-state index in [1.54, 1.807) is 30.3 Å². The van der Waals surface area contributed by atoms with Crippen molar-refractivity contribution < 1.29 is 22.7 Å². The van der Waals surface area contributed by atoms with Crippen molar-refractivity contribution in [2.75, 3.05) is 26.3 Å². The topological polar surface area (TPSA) is 53.6 Å². The Labute approximate surface area is 173 Å². The number of hydrogen-bond donors (Lipinski definition) is 2. The van der Waals surface area contributed by atoms with Gasteiger partial charge in [-0.15, -0.1) is 0 Å². The van der Waals surface area contributed by atoms with E-state index in [9.17, 15) is 18.0 Å². The number of carbonyl (C=O) groups is 1. The zero-order valence-corrected chi connectivity index (χ0v) is 16.5. The maximum absolute atomic E-state index is 13.7. The molecule has 2 heterocycles. The Balaban J connectivity index is 1.47. The SMILES string of the molecule is O=C(N[C@H](c1ccc(CN2CCOCC2)cc1)C(F)(F)F)c1ccc2c(c1)CNC2. The molecule has 1 saturated heterocycles. The number of amides is 1. The molecular weight excluding hydrogens is 395 g/mol. The smallest absolute Gasteiger partial charge is 0.379 e. The third-order valence-corrected chi connectivity index (χ3v) is 5.53. The van der Waals surface area contributed by atoms with Crippen molar-refractivity contribution >= 4 is 5.91 Å². The fourth-order valence-corrected chi connectivity index (χ4v) is 3.84. The van der Waals surface area contributed by atoms with Crippen molar-refractivity contribution in [1.82, 2.24) is 15.5 Å². The van der Waals surface area contributed by atoms with E-state index in [-0.39, 0.29) is 11.1 Å². The number of nitrogens with one attached hydrogen (secondary N) is 2. The lowest BCUT2D eigenvalue weighted by Crippen LogP contribution is -2.38. The van der Waals surface area contributed by atoms with Crippen molar-refractivity contribution in [3.8, 4) is 0 Å². The number of fused-ring (bicyclic) bond motifs is 1. The quantitative estimate of drug-likeness (QED) is 0.782. The van der Waals surface area contributed by atoms with E-state index < -0.39 is 18.1 Å². The van der Waals surface area contributed by atoms with Crippen LogP contribution in [0.4, 0.5) is 13.2 Å². The van der Waals surface area contributed by atoms with Gasteiger partial charge in [0, 0.05) is 38.3 Å². The first-order valence-electron chi connectivity index (χ1n) is 9.99. The molecule has 5 nitrogen and oxygen atoms in total. The Kier molecular flexibility index (Phi) is 6.08. The first kappa shape index (κ1) is 20.8. The summed E-state index contributed by atoms with van der Waals surface area (Å²) in [4.78, 5) is 14.8. The molecule has 4 rings (SSSR count). The van der Waals surface area contributed by atoms with E-state index in [1.165, 1.54) is 12.1 Å². The molecule has 0 radical (unpaired) electrons. The van der Waals surface area contributed by atoms with E-state index in [2.05, 4.69) is 15.5 Å². The number of carbonyl (C=O) groups excluding carboxylic acids is 1. The van der Waals surface area contributed by atoms with Crippen LogP contribution in [-0.4, -0.2) is 43.3 Å². The van der Waals surface area contributed by atoms with Gasteiger partial charge >= 0.3 is 6.18 Å². The predicted molar refractivity (Wildman–Crippen MR) is 106 cm³/mol. The van der Waals surface area contributed by atoms with Crippen LogP contribution in [0.1, 0.15) is 38.7 Å². The molecule has 0 aromatic heterocycles. The summed E-state index contributed by atoms with van der Waals surface area (Å²) < 4.78 is 46.5. The average molecular weight is 419 g/mol. The van der Waals surface area contributed by atoms with Crippen LogP contribution in [0.5, 0.6) is 0 Å². The standard InChI is InChI=1S/C22H24F3N3O2/c23-22(24,25)20(27-21(29)17-5-6-18-12-26-13-19(18)11-17)16-3-1-15(2-4-16)14-28-7-9-30-10-8-28/h1-6,11,20,26H,7-10,12-14H2,(H,27,29)/t20-/m1/s1. The second kappa shape index (κ2) is 8.75. The summed E-state index contributed by atoms with van der Waals surface area (Å²) in [5.41, 5.74) is 3.19. The maximum Gasteiger partial charge on any atom is 0.412 e. The van der Waals surface area contributed by atoms with Crippen LogP contribution in [0, 0.1) is 0 Å². The summed E-state index contributed by atoms with van der Waals surface area (Å²) >= 11 is 0. The Morgan fingerprint density at radius 1 is 1.07 bits per heavy atom. The monoisotopic (exact) mass is 419 g/mol.